The van der Waals surface area contributed by atoms with Gasteiger partial charge in [0.2, 0.25) is 12.2 Å². The number of rotatable bonds is 74. The Balaban J connectivity index is 0.00000111. The Morgan fingerprint density at radius 3 is 1.43 bits per heavy atom. The van der Waals surface area contributed by atoms with Gasteiger partial charge in [-0.25, -0.2) is 86.0 Å². The van der Waals surface area contributed by atoms with E-state index < -0.39 is 191 Å². The lowest BCUT2D eigenvalue weighted by Gasteiger charge is -2.36. The Labute approximate surface area is 844 Å². The number of carboxylic acid groups (broad SMARTS) is 2. The highest BCUT2D eigenvalue weighted by molar-refractivity contribution is 8.13. The highest BCUT2D eigenvalue weighted by Gasteiger charge is 2.49. The summed E-state index contributed by atoms with van der Waals surface area (Å²) >= 11 is 0.852. The van der Waals surface area contributed by atoms with Gasteiger partial charge in [0.25, 0.3) is 0 Å². The van der Waals surface area contributed by atoms with Gasteiger partial charge in [-0.15, -0.1) is 0 Å². The van der Waals surface area contributed by atoms with Crippen LogP contribution in [0.4, 0.5) is 0 Å². The van der Waals surface area contributed by atoms with Gasteiger partial charge in [-0.2, -0.15) is 5.26 Å². The number of nitriles is 1. The summed E-state index contributed by atoms with van der Waals surface area (Å²) in [5, 5.41) is 56.8. The normalized spacial score (nSPS) is 13.8. The average molecular weight is 2080 g/mol. The lowest BCUT2D eigenvalue weighted by atomic mass is 9.68. The number of aromatic carboxylic acids is 2. The first-order valence-corrected chi connectivity index (χ1v) is 48.9. The molecule has 1 aliphatic heterocycles. The molecule has 145 heavy (non-hydrogen) atoms. The summed E-state index contributed by atoms with van der Waals surface area (Å²) < 4.78 is 74.0. The Kier molecular flexibility index (Phi) is 65.4. The van der Waals surface area contributed by atoms with Gasteiger partial charge in [-0.1, -0.05) is 90.1 Å². The number of hydrogen-bond acceptors (Lipinski definition) is 42. The van der Waals surface area contributed by atoms with Gasteiger partial charge >= 0.3 is 101 Å². The van der Waals surface area contributed by atoms with Crippen molar-refractivity contribution < 1.29 is 178 Å². The van der Waals surface area contributed by atoms with Crippen LogP contribution in [0.15, 0.2) is 66.9 Å². The summed E-state index contributed by atoms with van der Waals surface area (Å²) in [5.41, 5.74) is -6.43. The number of aliphatic hydroxyl groups is 3. The van der Waals surface area contributed by atoms with Crippen molar-refractivity contribution in [2.45, 2.75) is 305 Å². The number of ketones is 1. The third-order valence-corrected chi connectivity index (χ3v) is 23.5. The molecule has 0 spiro atoms. The highest BCUT2D eigenvalue weighted by atomic mass is 32.2. The van der Waals surface area contributed by atoms with E-state index in [4.69, 9.17) is 76.5 Å². The fourth-order valence-electron chi connectivity index (χ4n) is 12.7. The predicted molar refractivity (Wildman–Crippen MR) is 512 cm³/mol. The van der Waals surface area contributed by atoms with Crippen LogP contribution >= 0.6 is 11.8 Å². The molecule has 2 aromatic rings. The van der Waals surface area contributed by atoms with Gasteiger partial charge in [-0.05, 0) is 175 Å². The molecule has 0 saturated carbocycles. The number of unbranched alkanes of at least 4 members (excludes halogenated alkanes) is 13. The topological polar surface area (TPSA) is 655 Å². The number of epoxide rings is 1. The molecule has 1 fully saturated rings. The SMILES string of the molecule is C=C(C)C(=O)COC(O)COC(=O)CCC(C)(C#N)C(CC(C)(CSC(=O)CCCOC(=O)C(=C)C)C(=O)OC)C(=O)OCCCC.CC(OC(=O)CCCCOC(=O)CCCCCCCn1c(=O)n(CCCCCCN=C=O)c(=O)n(CCCCCCN=C=O)c1=O)C(=O)OC(C)C(=O)OCC1CO1.CCC(CO)(CO)COC(=O)C(C)OC(=O)C(C)OC(=O)CCCCOC(=O)c1cc(C(=O)O)cc(C(=O)O)c1. The van der Waals surface area contributed by atoms with E-state index in [-0.39, 0.29) is 163 Å². The van der Waals surface area contributed by atoms with Crippen LogP contribution in [0.1, 0.15) is 280 Å². The molecular formula is C98H142N6O40S. The Hall–Kier alpha value is -12.6. The lowest BCUT2D eigenvalue weighted by molar-refractivity contribution is -0.178. The summed E-state index contributed by atoms with van der Waals surface area (Å²) in [7, 11) is 1.17. The minimum atomic E-state index is -1.57. The van der Waals surface area contributed by atoms with E-state index in [0.717, 1.165) is 75.8 Å². The Bertz CT molecular complexity index is 4810. The van der Waals surface area contributed by atoms with Crippen LogP contribution in [-0.2, 0) is 158 Å². The second kappa shape index (κ2) is 72.7. The van der Waals surface area contributed by atoms with Gasteiger partial charge in [0, 0.05) is 63.1 Å². The van der Waals surface area contributed by atoms with Gasteiger partial charge in [0.1, 0.15) is 32.5 Å². The first-order chi connectivity index (χ1) is 68.7. The van der Waals surface area contributed by atoms with Crippen LogP contribution in [0.2, 0.25) is 0 Å². The van der Waals surface area contributed by atoms with E-state index in [1.165, 1.54) is 74.7 Å². The van der Waals surface area contributed by atoms with Gasteiger partial charge < -0.3 is 91.8 Å². The molecule has 0 radical (unpaired) electrons. The molecule has 3 rings (SSSR count). The van der Waals surface area contributed by atoms with E-state index in [9.17, 15) is 121 Å². The van der Waals surface area contributed by atoms with E-state index in [0.29, 0.717) is 103 Å². The molecule has 1 aromatic heterocycles. The summed E-state index contributed by atoms with van der Waals surface area (Å²) in [6.45, 7) is 21.5. The first kappa shape index (κ1) is 130. The zero-order chi connectivity index (χ0) is 109. The van der Waals surface area contributed by atoms with E-state index in [2.05, 4.69) is 29.2 Å². The number of methoxy groups -OCH3 is 1. The van der Waals surface area contributed by atoms with E-state index in [1.54, 1.807) is 6.92 Å². The summed E-state index contributed by atoms with van der Waals surface area (Å²) in [6, 6.07) is 4.98. The number of carbonyl (C=O) groups is 16. The van der Waals surface area contributed by atoms with Crippen LogP contribution in [0.5, 0.6) is 0 Å². The molecule has 46 nitrogen and oxygen atoms in total. The number of Topliss-reactive ketones (excluding diaryl/α,β-unsaturated/α-hetero) is 1. The van der Waals surface area contributed by atoms with Crippen LogP contribution in [0, 0.1) is 33.5 Å². The number of thioether (sulfide) groups is 1. The lowest BCUT2D eigenvalue weighted by Crippen LogP contribution is -2.54. The number of nitrogens with zero attached hydrogens (tertiary/aromatic N) is 6. The van der Waals surface area contributed by atoms with Crippen LogP contribution < -0.4 is 17.1 Å². The number of aliphatic hydroxyl groups excluding tert-OH is 3. The maximum atomic E-state index is 13.4. The van der Waals surface area contributed by atoms with E-state index >= 15 is 0 Å². The zero-order valence-electron chi connectivity index (χ0n) is 84.6. The number of carboxylic acids is 2. The van der Waals surface area contributed by atoms with Crippen LogP contribution in [-0.4, -0.2) is 281 Å². The first-order valence-electron chi connectivity index (χ1n) is 48.0. The molecule has 2 heterocycles. The molecule has 1 aliphatic rings. The second-order valence-electron chi connectivity index (χ2n) is 34.8. The number of isocyanates is 2. The van der Waals surface area contributed by atoms with Crippen molar-refractivity contribution in [2.24, 2.45) is 32.1 Å². The predicted octanol–water partition coefficient (Wildman–Crippen LogP) is 8.03. The molecule has 1 aromatic carbocycles. The molecule has 9 atom stereocenters. The summed E-state index contributed by atoms with van der Waals surface area (Å²) in [6.07, 6.45) is 7.43. The maximum Gasteiger partial charge on any atom is 0.347 e. The minimum absolute atomic E-state index is 0.00378. The van der Waals surface area contributed by atoms with Gasteiger partial charge in [0.15, 0.2) is 41.6 Å². The number of aromatic nitrogens is 3. The van der Waals surface area contributed by atoms with Crippen LogP contribution in [0.3, 0.4) is 0 Å². The number of benzene rings is 1. The van der Waals surface area contributed by atoms with Crippen molar-refractivity contribution in [3.63, 3.8) is 0 Å². The van der Waals surface area contributed by atoms with E-state index in [1.807, 2.05) is 6.92 Å². The molecule has 1 saturated heterocycles. The summed E-state index contributed by atoms with van der Waals surface area (Å²) in [4.78, 5) is 261. The van der Waals surface area contributed by atoms with Gasteiger partial charge in [-0.3, -0.25) is 38.4 Å². The molecule has 9 unspecified atom stereocenters. The molecule has 810 valence electrons. The largest absolute Gasteiger partial charge is 0.478 e. The average Bonchev–Trinajstić information content (AvgIpc) is 1.72. The van der Waals surface area contributed by atoms with Crippen molar-refractivity contribution in [2.75, 3.05) is 98.6 Å². The monoisotopic (exact) mass is 2070 g/mol. The summed E-state index contributed by atoms with van der Waals surface area (Å²) in [5.74, 6) is -13.6. The number of ether oxygens (including phenoxy) is 14. The zero-order valence-corrected chi connectivity index (χ0v) is 85.4. The quantitative estimate of drug-likeness (QED) is 0.00611. The van der Waals surface area contributed by atoms with Crippen LogP contribution in [0.25, 0.3) is 0 Å². The van der Waals surface area contributed by atoms with Crippen molar-refractivity contribution in [1.82, 2.24) is 13.7 Å². The number of hydrogen-bond donors (Lipinski definition) is 5. The highest BCUT2D eigenvalue weighted by Crippen LogP contribution is 2.43. The third-order valence-electron chi connectivity index (χ3n) is 22.2. The fourth-order valence-corrected chi connectivity index (χ4v) is 13.8. The Morgan fingerprint density at radius 2 is 0.972 bits per heavy atom. The maximum absolute atomic E-state index is 13.4. The molecule has 0 aliphatic carbocycles. The van der Waals surface area contributed by atoms with Crippen molar-refractivity contribution in [3.05, 3.63) is 90.6 Å². The molecule has 0 amide bonds. The number of carbonyl (C=O) groups excluding carboxylic acids is 16. The second-order valence-corrected chi connectivity index (χ2v) is 35.8. The fraction of sp³-hybridized carbons (Fsp3) is 0.673. The number of aliphatic imine (C=N–C) groups is 2. The van der Waals surface area contributed by atoms with Crippen molar-refractivity contribution in [1.29, 1.82) is 5.26 Å². The minimum Gasteiger partial charge on any atom is -0.478 e. The number of esters is 12. The molecule has 5 N–H and O–H groups in total. The molecule has 47 heteroatoms. The molecule has 0 bridgehead atoms. The van der Waals surface area contributed by atoms with Crippen molar-refractivity contribution in [3.8, 4) is 6.07 Å². The molecular weight excluding hydrogens is 1930 g/mol. The Morgan fingerprint density at radius 1 is 0.531 bits per heavy atom. The van der Waals surface area contributed by atoms with Gasteiger partial charge in [0.05, 0.1) is 111 Å². The third kappa shape index (κ3) is 53.7. The smallest absolute Gasteiger partial charge is 0.347 e. The standard InChI is InChI=1S/C39H59N5O14.C33H49NO12S.C26H34O14/c1-30(35(49)56-27-32-26-55-32)58-36(50)31(2)57-34(48)19-11-17-25-54-33(47)18-10-4-3-7-14-22-42-37(51)43(23-15-8-5-12-20-40-28-45)39(53)44(38(42)52)24-16-9-6-13-21-41-29-46;1-9-10-15-44-30(40)24(32(6,20-34)14-13-26(36)46-19-27(37)45-18-25(35)22(2)3)17-33(7,31(41)42-8)21-47-28(38)12-11-16-43-29(39)23(4)5;1-4-26(12-27,13-28)14-38-23(34)15(2)40-24(35)16(3)39-20(29)7-5-6-8-37-25(36)19-10-17(21(30)31)9-18(11-19)22(32)33/h30-32H,3-27H2,1-2H3;24,27,37H,2,4,9-19,21H2,1,3,5-8H3;9-11,15-16,27-28H,4-8,12-14H2,1-3H3,(H,30,31)(H,32,33). The van der Waals surface area contributed by atoms with Crippen molar-refractivity contribution >= 4 is 118 Å².